The number of ether oxygens (including phenoxy) is 3. The van der Waals surface area contributed by atoms with Crippen LogP contribution in [-0.2, 0) is 0 Å². The fourth-order valence-corrected chi connectivity index (χ4v) is 3.04. The van der Waals surface area contributed by atoms with E-state index in [1.807, 2.05) is 0 Å². The van der Waals surface area contributed by atoms with Crippen molar-refractivity contribution in [1.29, 1.82) is 0 Å². The van der Waals surface area contributed by atoms with E-state index in [2.05, 4.69) is 0 Å². The third kappa shape index (κ3) is 1.81. The first-order chi connectivity index (χ1) is 7.62. The Labute approximate surface area is 93.8 Å². The van der Waals surface area contributed by atoms with Crippen molar-refractivity contribution < 1.29 is 28.6 Å². The van der Waals surface area contributed by atoms with E-state index in [1.165, 1.54) is 28.4 Å². The molecule has 0 aliphatic rings. The molecule has 7 heteroatoms. The Hall–Kier alpha value is -1.39. The second kappa shape index (κ2) is 5.09. The topological polar surface area (TPSA) is 74.2 Å². The molecule has 0 bridgehead atoms. The first-order valence-corrected chi connectivity index (χ1v) is 5.56. The predicted molar refractivity (Wildman–Crippen MR) is 58.3 cm³/mol. The van der Waals surface area contributed by atoms with Crippen molar-refractivity contribution in [3.8, 4) is 17.0 Å². The van der Waals surface area contributed by atoms with Crippen LogP contribution in [-0.4, -0.2) is 39.5 Å². The molecule has 1 unspecified atom stereocenters. The van der Waals surface area contributed by atoms with Crippen LogP contribution in [0.25, 0.3) is 0 Å². The largest absolute Gasteiger partial charge is 0.492 e. The van der Waals surface area contributed by atoms with Crippen molar-refractivity contribution in [2.24, 2.45) is 0 Å². The number of carbonyl (C=O) groups is 1. The third-order valence-electron chi connectivity index (χ3n) is 1.99. The van der Waals surface area contributed by atoms with Gasteiger partial charge in [0.2, 0.25) is 11.2 Å². The number of aromatic carboxylic acids is 1. The smallest absolute Gasteiger partial charge is 0.346 e. The molecule has 1 heterocycles. The lowest BCUT2D eigenvalue weighted by atomic mass is 10.4. The molecule has 0 saturated carbocycles. The minimum Gasteiger partial charge on any atom is -0.492 e. The number of hydrogen-bond donors (Lipinski definition) is 1. The summed E-state index contributed by atoms with van der Waals surface area (Å²) in [5.74, 6) is -0.679. The Morgan fingerprint density at radius 2 is 1.62 bits per heavy atom. The molecular weight excluding hydrogens is 235 g/mol. The van der Waals surface area contributed by atoms with Crippen LogP contribution in [0.2, 0.25) is 0 Å². The summed E-state index contributed by atoms with van der Waals surface area (Å²) in [5, 5.41) is 9.14. The fourth-order valence-electron chi connectivity index (χ4n) is 1.39. The van der Waals surface area contributed by atoms with Gasteiger partial charge in [-0.1, -0.05) is 0 Å². The Kier molecular flexibility index (Phi) is 4.04. The van der Waals surface area contributed by atoms with Gasteiger partial charge in [-0.2, -0.15) is 0 Å². The second-order valence-corrected chi connectivity index (χ2v) is 4.51. The van der Waals surface area contributed by atoms with Gasteiger partial charge in [-0.3, -0.25) is 0 Å². The van der Waals surface area contributed by atoms with E-state index in [9.17, 15) is 4.79 Å². The van der Waals surface area contributed by atoms with Gasteiger partial charge < -0.3 is 23.8 Å². The maximum Gasteiger partial charge on any atom is 0.346 e. The van der Waals surface area contributed by atoms with Gasteiger partial charge in [0.25, 0.3) is 0 Å². The summed E-state index contributed by atoms with van der Waals surface area (Å²) in [7, 11) is 4.13. The molecule has 0 aliphatic heterocycles. The summed E-state index contributed by atoms with van der Waals surface area (Å²) in [6.45, 7) is 0. The lowest BCUT2D eigenvalue weighted by Crippen LogP contribution is -1.98. The number of rotatable bonds is 5. The van der Waals surface area contributed by atoms with Crippen molar-refractivity contribution in [2.75, 3.05) is 28.4 Å². The van der Waals surface area contributed by atoms with Crippen molar-refractivity contribution in [3.05, 3.63) is 5.30 Å². The van der Waals surface area contributed by atoms with E-state index in [1.54, 1.807) is 0 Å². The molecule has 0 aliphatic carbocycles. The predicted octanol–water partition coefficient (Wildman–Crippen LogP) is 1.46. The van der Waals surface area contributed by atoms with E-state index < -0.39 is 13.7 Å². The summed E-state index contributed by atoms with van der Waals surface area (Å²) in [5.41, 5.74) is 0.356. The zero-order valence-corrected chi connectivity index (χ0v) is 10.3. The van der Waals surface area contributed by atoms with E-state index in [0.717, 1.165) is 0 Å². The van der Waals surface area contributed by atoms with Gasteiger partial charge in [0.1, 0.15) is 0 Å². The van der Waals surface area contributed by atoms with E-state index in [0.29, 0.717) is 5.48 Å². The highest BCUT2D eigenvalue weighted by Crippen LogP contribution is 2.58. The maximum absolute atomic E-state index is 11.1. The van der Waals surface area contributed by atoms with Crippen molar-refractivity contribution in [2.45, 2.75) is 0 Å². The molecule has 0 aromatic carbocycles. The minimum atomic E-state index is -1.51. The molecule has 0 saturated heterocycles. The summed E-state index contributed by atoms with van der Waals surface area (Å²) in [4.78, 5) is 11.1. The normalized spacial score (nSPS) is 11.1. The number of methoxy groups -OCH3 is 3. The van der Waals surface area contributed by atoms with Crippen LogP contribution in [0.5, 0.6) is 17.0 Å². The van der Waals surface area contributed by atoms with Gasteiger partial charge in [-0.05, 0) is 0 Å². The van der Waals surface area contributed by atoms with Gasteiger partial charge in [0.15, 0.2) is 11.0 Å². The summed E-state index contributed by atoms with van der Waals surface area (Å²) in [6.07, 6.45) is 0. The highest BCUT2D eigenvalue weighted by atomic mass is 31.1. The Morgan fingerprint density at radius 1 is 1.06 bits per heavy atom. The highest BCUT2D eigenvalue weighted by Gasteiger charge is 2.31. The highest BCUT2D eigenvalue weighted by molar-refractivity contribution is 7.49. The van der Waals surface area contributed by atoms with Crippen LogP contribution in [0.4, 0.5) is 0 Å². The lowest BCUT2D eigenvalue weighted by molar-refractivity contribution is 0.0697. The van der Waals surface area contributed by atoms with Crippen molar-refractivity contribution in [3.63, 3.8) is 0 Å². The molecular formula is C9H13O6P. The Bertz CT molecular complexity index is 368. The van der Waals surface area contributed by atoms with Gasteiger partial charge in [-0.25, -0.2) is 4.79 Å². The van der Waals surface area contributed by atoms with E-state index >= 15 is 0 Å². The molecule has 1 atom stereocenters. The monoisotopic (exact) mass is 248 g/mol. The number of carboxylic acid groups (broad SMARTS) is 1. The molecule has 0 amide bonds. The minimum absolute atomic E-state index is 0.0358. The average molecular weight is 248 g/mol. The molecule has 1 N–H and O–H groups in total. The molecule has 1 rings (SSSR count). The van der Waals surface area contributed by atoms with E-state index in [-0.39, 0.29) is 16.8 Å². The molecule has 0 fully saturated rings. The molecule has 1 aromatic rings. The Balaban J connectivity index is 3.56. The third-order valence-corrected chi connectivity index (χ3v) is 3.91. The summed E-state index contributed by atoms with van der Waals surface area (Å²) < 4.78 is 20.3. The van der Waals surface area contributed by atoms with Gasteiger partial charge >= 0.3 is 5.97 Å². The quantitative estimate of drug-likeness (QED) is 0.850. The molecule has 90 valence electrons. The first-order valence-electron chi connectivity index (χ1n) is 4.30. The second-order valence-electron chi connectivity index (χ2n) is 2.71. The van der Waals surface area contributed by atoms with Crippen molar-refractivity contribution >= 4 is 13.7 Å². The summed E-state index contributed by atoms with van der Waals surface area (Å²) in [6, 6.07) is 0. The van der Waals surface area contributed by atoms with Crippen LogP contribution in [0.3, 0.4) is 0 Å². The van der Waals surface area contributed by atoms with Gasteiger partial charge in [-0.15, -0.1) is 0 Å². The Morgan fingerprint density at radius 3 is 1.94 bits per heavy atom. The van der Waals surface area contributed by atoms with Crippen LogP contribution >= 0.6 is 7.76 Å². The molecule has 0 spiro atoms. The summed E-state index contributed by atoms with van der Waals surface area (Å²) >= 11 is 0. The van der Waals surface area contributed by atoms with Gasteiger partial charge in [0.05, 0.1) is 29.1 Å². The van der Waals surface area contributed by atoms with Crippen LogP contribution in [0.15, 0.2) is 0 Å². The maximum atomic E-state index is 11.1. The van der Waals surface area contributed by atoms with Gasteiger partial charge in [0, 0.05) is 7.11 Å². The number of carboxylic acids is 1. The zero-order chi connectivity index (χ0) is 12.3. The van der Waals surface area contributed by atoms with Crippen LogP contribution in [0.1, 0.15) is 10.1 Å². The van der Waals surface area contributed by atoms with Crippen molar-refractivity contribution in [1.82, 2.24) is 0 Å². The van der Waals surface area contributed by atoms with Crippen LogP contribution < -0.4 is 18.7 Å². The van der Waals surface area contributed by atoms with E-state index in [4.69, 9.17) is 23.8 Å². The first kappa shape index (κ1) is 12.7. The molecule has 6 nitrogen and oxygen atoms in total. The van der Waals surface area contributed by atoms with Crippen LogP contribution in [0, 0.1) is 0 Å². The fraction of sp³-hybridized carbons (Fsp3) is 0.444. The standard InChI is InChI=1S/C9H13O6P/c1-12-5-6(13-2)9(14-3)16(15-4)7(5)8(10)11/h1-4H3,(H,10,11). The lowest BCUT2D eigenvalue weighted by Gasteiger charge is -2.04. The molecule has 0 radical (unpaired) electrons. The SMILES string of the molecule is COc1c(OC)c(C(=O)O)p(OC)c1OC. The average Bonchev–Trinajstić information content (AvgIpc) is 2.60. The number of hydrogen-bond acceptors (Lipinski definition) is 5. The molecule has 1 aromatic heterocycles. The molecule has 16 heavy (non-hydrogen) atoms. The zero-order valence-electron chi connectivity index (χ0n) is 9.44.